The number of halogens is 1. The van der Waals surface area contributed by atoms with Gasteiger partial charge in [-0.1, -0.05) is 6.07 Å². The first kappa shape index (κ1) is 11.5. The van der Waals surface area contributed by atoms with Crippen molar-refractivity contribution < 1.29 is 4.79 Å². The molecule has 1 aliphatic heterocycles. The SMILES string of the molecule is CN1C(=O)CC[C@H]2c3ccc(I)cc3CC[C@@H]21. The van der Waals surface area contributed by atoms with E-state index in [0.717, 1.165) is 19.3 Å². The third kappa shape index (κ3) is 1.88. The first-order valence-electron chi connectivity index (χ1n) is 6.21. The Morgan fingerprint density at radius 1 is 1.29 bits per heavy atom. The number of rotatable bonds is 0. The van der Waals surface area contributed by atoms with Crippen LogP contribution in [0, 0.1) is 3.57 Å². The summed E-state index contributed by atoms with van der Waals surface area (Å²) in [7, 11) is 1.97. The van der Waals surface area contributed by atoms with Crippen molar-refractivity contribution in [2.24, 2.45) is 0 Å². The number of benzene rings is 1. The zero-order chi connectivity index (χ0) is 12.0. The van der Waals surface area contributed by atoms with Gasteiger partial charge in [-0.25, -0.2) is 0 Å². The highest BCUT2D eigenvalue weighted by atomic mass is 127. The smallest absolute Gasteiger partial charge is 0.222 e. The summed E-state index contributed by atoms with van der Waals surface area (Å²) in [5.74, 6) is 0.888. The lowest BCUT2D eigenvalue weighted by molar-refractivity contribution is -0.135. The van der Waals surface area contributed by atoms with Crippen LogP contribution in [0.2, 0.25) is 0 Å². The summed E-state index contributed by atoms with van der Waals surface area (Å²) in [5, 5.41) is 0. The van der Waals surface area contributed by atoms with Crippen LogP contribution in [0.3, 0.4) is 0 Å². The van der Waals surface area contributed by atoms with Gasteiger partial charge < -0.3 is 4.90 Å². The molecule has 1 saturated heterocycles. The van der Waals surface area contributed by atoms with E-state index in [4.69, 9.17) is 0 Å². The molecule has 0 bridgehead atoms. The number of nitrogens with zero attached hydrogens (tertiary/aromatic N) is 1. The third-order valence-corrected chi connectivity index (χ3v) is 4.91. The molecule has 90 valence electrons. The molecule has 1 aromatic carbocycles. The maximum atomic E-state index is 11.7. The molecule has 3 heteroatoms. The molecule has 1 amide bonds. The maximum absolute atomic E-state index is 11.7. The molecular formula is C14H16INO. The topological polar surface area (TPSA) is 20.3 Å². The number of hydrogen-bond donors (Lipinski definition) is 0. The second kappa shape index (κ2) is 4.26. The normalized spacial score (nSPS) is 27.6. The molecule has 1 aliphatic carbocycles. The summed E-state index contributed by atoms with van der Waals surface area (Å²) in [5.41, 5.74) is 2.99. The Bertz CT molecular complexity index is 471. The predicted octanol–water partition coefficient (Wildman–Crippen LogP) is 2.94. The highest BCUT2D eigenvalue weighted by molar-refractivity contribution is 14.1. The van der Waals surface area contributed by atoms with Crippen molar-refractivity contribution in [1.29, 1.82) is 0 Å². The van der Waals surface area contributed by atoms with Gasteiger partial charge >= 0.3 is 0 Å². The van der Waals surface area contributed by atoms with Gasteiger partial charge in [0.25, 0.3) is 0 Å². The fourth-order valence-corrected chi connectivity index (χ4v) is 3.87. The van der Waals surface area contributed by atoms with Crippen molar-refractivity contribution in [3.63, 3.8) is 0 Å². The average Bonchev–Trinajstić information content (AvgIpc) is 2.33. The number of fused-ring (bicyclic) bond motifs is 3. The molecule has 1 heterocycles. The fraction of sp³-hybridized carbons (Fsp3) is 0.500. The Labute approximate surface area is 116 Å². The van der Waals surface area contributed by atoms with E-state index in [0.29, 0.717) is 24.3 Å². The molecule has 0 saturated carbocycles. The minimum atomic E-state index is 0.320. The van der Waals surface area contributed by atoms with Gasteiger partial charge in [0.15, 0.2) is 0 Å². The number of piperidine rings is 1. The van der Waals surface area contributed by atoms with E-state index in [9.17, 15) is 4.79 Å². The van der Waals surface area contributed by atoms with E-state index >= 15 is 0 Å². The molecule has 0 unspecified atom stereocenters. The second-order valence-electron chi connectivity index (χ2n) is 5.10. The van der Waals surface area contributed by atoms with Crippen LogP contribution >= 0.6 is 22.6 Å². The molecule has 1 fully saturated rings. The van der Waals surface area contributed by atoms with Crippen LogP contribution in [0.25, 0.3) is 0 Å². The molecule has 0 N–H and O–H groups in total. The van der Waals surface area contributed by atoms with Gasteiger partial charge in [0, 0.05) is 29.0 Å². The summed E-state index contributed by atoms with van der Waals surface area (Å²) in [6.07, 6.45) is 3.98. The number of likely N-dealkylation sites (N-methyl/N-ethyl adjacent to an activating group) is 1. The predicted molar refractivity (Wildman–Crippen MR) is 76.0 cm³/mol. The molecule has 0 aromatic heterocycles. The first-order chi connectivity index (χ1) is 8.16. The van der Waals surface area contributed by atoms with Crippen molar-refractivity contribution >= 4 is 28.5 Å². The fourth-order valence-electron chi connectivity index (χ4n) is 3.32. The summed E-state index contributed by atoms with van der Waals surface area (Å²) < 4.78 is 1.32. The molecular weight excluding hydrogens is 325 g/mol. The minimum absolute atomic E-state index is 0.320. The van der Waals surface area contributed by atoms with Gasteiger partial charge in [-0.3, -0.25) is 4.79 Å². The molecule has 2 nitrogen and oxygen atoms in total. The average molecular weight is 341 g/mol. The molecule has 17 heavy (non-hydrogen) atoms. The second-order valence-corrected chi connectivity index (χ2v) is 6.34. The Morgan fingerprint density at radius 2 is 2.12 bits per heavy atom. The van der Waals surface area contributed by atoms with Gasteiger partial charge in [0.2, 0.25) is 5.91 Å². The summed E-state index contributed by atoms with van der Waals surface area (Å²) in [4.78, 5) is 13.7. The lowest BCUT2D eigenvalue weighted by Gasteiger charge is -2.43. The lowest BCUT2D eigenvalue weighted by Crippen LogP contribution is -2.47. The van der Waals surface area contributed by atoms with Crippen LogP contribution in [0.1, 0.15) is 36.3 Å². The van der Waals surface area contributed by atoms with Gasteiger partial charge in [0.1, 0.15) is 0 Å². The van der Waals surface area contributed by atoms with Crippen molar-refractivity contribution in [2.75, 3.05) is 7.05 Å². The van der Waals surface area contributed by atoms with E-state index in [-0.39, 0.29) is 0 Å². The quantitative estimate of drug-likeness (QED) is 0.665. The molecule has 1 aromatic rings. The number of carbonyl (C=O) groups is 1. The van der Waals surface area contributed by atoms with Gasteiger partial charge in [-0.2, -0.15) is 0 Å². The number of carbonyl (C=O) groups excluding carboxylic acids is 1. The Kier molecular flexibility index (Phi) is 2.89. The van der Waals surface area contributed by atoms with Crippen LogP contribution in [-0.2, 0) is 11.2 Å². The summed E-state index contributed by atoms with van der Waals surface area (Å²) in [6.45, 7) is 0. The maximum Gasteiger partial charge on any atom is 0.222 e. The van der Waals surface area contributed by atoms with Gasteiger partial charge in [0.05, 0.1) is 0 Å². The van der Waals surface area contributed by atoms with E-state index < -0.39 is 0 Å². The monoisotopic (exact) mass is 341 g/mol. The highest BCUT2D eigenvalue weighted by Crippen LogP contribution is 2.40. The highest BCUT2D eigenvalue weighted by Gasteiger charge is 2.37. The Balaban J connectivity index is 1.99. The van der Waals surface area contributed by atoms with Crippen LogP contribution < -0.4 is 0 Å². The van der Waals surface area contributed by atoms with Crippen LogP contribution in [-0.4, -0.2) is 23.9 Å². The molecule has 2 atom stereocenters. The summed E-state index contributed by atoms with van der Waals surface area (Å²) in [6, 6.07) is 7.21. The van der Waals surface area contributed by atoms with Gasteiger partial charge in [-0.05, 0) is 65.1 Å². The van der Waals surface area contributed by atoms with Crippen molar-refractivity contribution in [2.45, 2.75) is 37.6 Å². The van der Waals surface area contributed by atoms with Crippen molar-refractivity contribution in [3.05, 3.63) is 32.9 Å². The van der Waals surface area contributed by atoms with Crippen molar-refractivity contribution in [1.82, 2.24) is 4.90 Å². The largest absolute Gasteiger partial charge is 0.342 e. The molecule has 3 rings (SSSR count). The van der Waals surface area contributed by atoms with Crippen LogP contribution in [0.5, 0.6) is 0 Å². The zero-order valence-corrected chi connectivity index (χ0v) is 12.1. The first-order valence-corrected chi connectivity index (χ1v) is 7.28. The Morgan fingerprint density at radius 3 is 2.94 bits per heavy atom. The number of aryl methyl sites for hydroxylation is 1. The van der Waals surface area contributed by atoms with Crippen LogP contribution in [0.15, 0.2) is 18.2 Å². The number of amides is 1. The van der Waals surface area contributed by atoms with E-state index in [2.05, 4.69) is 40.8 Å². The molecule has 2 aliphatic rings. The van der Waals surface area contributed by atoms with E-state index in [1.54, 1.807) is 0 Å². The minimum Gasteiger partial charge on any atom is -0.342 e. The zero-order valence-electron chi connectivity index (χ0n) is 9.95. The van der Waals surface area contributed by atoms with Gasteiger partial charge in [-0.15, -0.1) is 0 Å². The van der Waals surface area contributed by atoms with Crippen LogP contribution in [0.4, 0.5) is 0 Å². The lowest BCUT2D eigenvalue weighted by atomic mass is 9.74. The number of hydrogen-bond acceptors (Lipinski definition) is 1. The van der Waals surface area contributed by atoms with Crippen molar-refractivity contribution in [3.8, 4) is 0 Å². The molecule has 0 spiro atoms. The van der Waals surface area contributed by atoms with E-state index in [1.165, 1.54) is 14.7 Å². The third-order valence-electron chi connectivity index (χ3n) is 4.24. The molecule has 0 radical (unpaired) electrons. The summed E-state index contributed by atoms with van der Waals surface area (Å²) >= 11 is 2.38. The van der Waals surface area contributed by atoms with E-state index in [1.807, 2.05) is 11.9 Å². The standard InChI is InChI=1S/C14H16INO/c1-16-13-6-2-9-8-10(15)3-4-11(9)12(13)5-7-14(16)17/h3-4,8,12-13H,2,5-7H2,1H3/t12-,13-/m0/s1. The Hall–Kier alpha value is -0.580. The number of likely N-dealkylation sites (tertiary alicyclic amines) is 1.